The lowest BCUT2D eigenvalue weighted by Gasteiger charge is -2.10. The number of rotatable bonds is 6. The molecule has 6 heteroatoms. The van der Waals surface area contributed by atoms with E-state index in [0.717, 1.165) is 18.1 Å². The summed E-state index contributed by atoms with van der Waals surface area (Å²) in [6.45, 7) is 3.30. The van der Waals surface area contributed by atoms with Crippen molar-refractivity contribution in [2.75, 3.05) is 18.4 Å². The summed E-state index contributed by atoms with van der Waals surface area (Å²) in [6.07, 6.45) is 2.27. The van der Waals surface area contributed by atoms with Crippen molar-refractivity contribution in [2.45, 2.75) is 13.3 Å². The Bertz CT molecular complexity index is 578. The van der Waals surface area contributed by atoms with Crippen LogP contribution in [0.25, 0.3) is 0 Å². The highest BCUT2D eigenvalue weighted by Gasteiger charge is 2.10. The van der Waals surface area contributed by atoms with Crippen molar-refractivity contribution in [2.24, 2.45) is 7.05 Å². The number of hydrogen-bond donors (Lipinski definition) is 2. The van der Waals surface area contributed by atoms with Crippen LogP contribution in [0.15, 0.2) is 30.6 Å². The fraction of sp³-hybridized carbons (Fsp3) is 0.357. The molecule has 0 saturated carbocycles. The van der Waals surface area contributed by atoms with E-state index in [9.17, 15) is 4.79 Å². The molecule has 0 aliphatic carbocycles. The summed E-state index contributed by atoms with van der Waals surface area (Å²) in [5.74, 6) is 0.644. The Labute approximate surface area is 118 Å². The van der Waals surface area contributed by atoms with Gasteiger partial charge in [0.15, 0.2) is 5.82 Å². The third kappa shape index (κ3) is 3.57. The second-order valence-electron chi connectivity index (χ2n) is 4.42. The van der Waals surface area contributed by atoms with Crippen molar-refractivity contribution < 1.29 is 4.79 Å². The second kappa shape index (κ2) is 6.70. The van der Waals surface area contributed by atoms with Crippen LogP contribution in [0.1, 0.15) is 23.1 Å². The van der Waals surface area contributed by atoms with Gasteiger partial charge in [-0.3, -0.25) is 9.48 Å². The molecule has 1 heterocycles. The van der Waals surface area contributed by atoms with Crippen LogP contribution in [-0.2, 0) is 13.5 Å². The molecule has 0 atom stereocenters. The predicted molar refractivity (Wildman–Crippen MR) is 77.6 cm³/mol. The van der Waals surface area contributed by atoms with Gasteiger partial charge in [-0.05, 0) is 19.1 Å². The molecule has 2 N–H and O–H groups in total. The van der Waals surface area contributed by atoms with Crippen molar-refractivity contribution in [1.29, 1.82) is 0 Å². The van der Waals surface area contributed by atoms with Gasteiger partial charge in [0.1, 0.15) is 6.33 Å². The average Bonchev–Trinajstić information content (AvgIpc) is 2.85. The van der Waals surface area contributed by atoms with Gasteiger partial charge in [-0.2, -0.15) is 5.10 Å². The normalized spacial score (nSPS) is 10.3. The first-order valence-corrected chi connectivity index (χ1v) is 6.66. The van der Waals surface area contributed by atoms with Gasteiger partial charge in [0, 0.05) is 32.2 Å². The number of aromatic nitrogens is 3. The van der Waals surface area contributed by atoms with E-state index in [0.29, 0.717) is 18.5 Å². The molecule has 1 aromatic carbocycles. The summed E-state index contributed by atoms with van der Waals surface area (Å²) >= 11 is 0. The zero-order valence-electron chi connectivity index (χ0n) is 11.8. The lowest BCUT2D eigenvalue weighted by Crippen LogP contribution is -2.26. The van der Waals surface area contributed by atoms with Crippen LogP contribution in [0, 0.1) is 0 Å². The van der Waals surface area contributed by atoms with E-state index in [4.69, 9.17) is 0 Å². The minimum absolute atomic E-state index is 0.0857. The molecule has 2 aromatic rings. The SMILES string of the molecule is CCNc1ccccc1C(=O)NCCc1ncn(C)n1. The van der Waals surface area contributed by atoms with E-state index >= 15 is 0 Å². The number of amides is 1. The van der Waals surface area contributed by atoms with Gasteiger partial charge in [0.2, 0.25) is 0 Å². The molecule has 0 aliphatic rings. The molecular formula is C14H19N5O. The number of benzene rings is 1. The summed E-state index contributed by atoms with van der Waals surface area (Å²) < 4.78 is 1.65. The monoisotopic (exact) mass is 273 g/mol. The smallest absolute Gasteiger partial charge is 0.253 e. The van der Waals surface area contributed by atoms with Crippen LogP contribution in [0.4, 0.5) is 5.69 Å². The molecule has 1 amide bonds. The molecule has 1 aromatic heterocycles. The van der Waals surface area contributed by atoms with Crippen LogP contribution in [0.5, 0.6) is 0 Å². The zero-order valence-corrected chi connectivity index (χ0v) is 11.8. The second-order valence-corrected chi connectivity index (χ2v) is 4.42. The molecular weight excluding hydrogens is 254 g/mol. The summed E-state index contributed by atoms with van der Waals surface area (Å²) in [7, 11) is 1.82. The number of anilines is 1. The Kier molecular flexibility index (Phi) is 4.70. The molecule has 6 nitrogen and oxygen atoms in total. The summed E-state index contributed by atoms with van der Waals surface area (Å²) in [5.41, 5.74) is 1.51. The Hall–Kier alpha value is -2.37. The van der Waals surface area contributed by atoms with E-state index in [1.165, 1.54) is 0 Å². The van der Waals surface area contributed by atoms with E-state index in [1.807, 2.05) is 38.2 Å². The van der Waals surface area contributed by atoms with Gasteiger partial charge in [0.25, 0.3) is 5.91 Å². The third-order valence-electron chi connectivity index (χ3n) is 2.82. The Morgan fingerprint density at radius 1 is 1.35 bits per heavy atom. The molecule has 20 heavy (non-hydrogen) atoms. The van der Waals surface area contributed by atoms with Gasteiger partial charge in [-0.15, -0.1) is 0 Å². The first-order chi connectivity index (χ1) is 9.70. The van der Waals surface area contributed by atoms with Gasteiger partial charge in [-0.25, -0.2) is 4.98 Å². The largest absolute Gasteiger partial charge is 0.385 e. The maximum atomic E-state index is 12.1. The number of aryl methyl sites for hydroxylation is 1. The molecule has 0 saturated heterocycles. The third-order valence-corrected chi connectivity index (χ3v) is 2.82. The topological polar surface area (TPSA) is 71.8 Å². The molecule has 0 fully saturated rings. The number of carbonyl (C=O) groups is 1. The minimum Gasteiger partial charge on any atom is -0.385 e. The first-order valence-electron chi connectivity index (χ1n) is 6.66. The highest BCUT2D eigenvalue weighted by atomic mass is 16.1. The van der Waals surface area contributed by atoms with Crippen LogP contribution in [0.3, 0.4) is 0 Å². The standard InChI is InChI=1S/C14H19N5O/c1-3-15-12-7-5-4-6-11(12)14(20)16-9-8-13-17-10-19(2)18-13/h4-7,10,15H,3,8-9H2,1-2H3,(H,16,20). The van der Waals surface area contributed by atoms with Crippen molar-refractivity contribution in [3.05, 3.63) is 42.0 Å². The highest BCUT2D eigenvalue weighted by Crippen LogP contribution is 2.14. The number of nitrogens with one attached hydrogen (secondary N) is 2. The van der Waals surface area contributed by atoms with E-state index < -0.39 is 0 Å². The van der Waals surface area contributed by atoms with E-state index in [1.54, 1.807) is 11.0 Å². The van der Waals surface area contributed by atoms with Gasteiger partial charge >= 0.3 is 0 Å². The molecule has 0 aliphatic heterocycles. The van der Waals surface area contributed by atoms with Crippen molar-refractivity contribution in [3.63, 3.8) is 0 Å². The zero-order chi connectivity index (χ0) is 14.4. The Morgan fingerprint density at radius 3 is 2.85 bits per heavy atom. The lowest BCUT2D eigenvalue weighted by molar-refractivity contribution is 0.0955. The number of para-hydroxylation sites is 1. The van der Waals surface area contributed by atoms with Crippen LogP contribution in [0.2, 0.25) is 0 Å². The first kappa shape index (κ1) is 14.0. The highest BCUT2D eigenvalue weighted by molar-refractivity contribution is 5.99. The lowest BCUT2D eigenvalue weighted by atomic mass is 10.1. The molecule has 0 spiro atoms. The Morgan fingerprint density at radius 2 is 2.15 bits per heavy atom. The van der Waals surface area contributed by atoms with E-state index in [2.05, 4.69) is 20.7 Å². The number of hydrogen-bond acceptors (Lipinski definition) is 4. The minimum atomic E-state index is -0.0857. The summed E-state index contributed by atoms with van der Waals surface area (Å²) in [5, 5.41) is 10.2. The maximum Gasteiger partial charge on any atom is 0.253 e. The van der Waals surface area contributed by atoms with Crippen LogP contribution in [-0.4, -0.2) is 33.8 Å². The van der Waals surface area contributed by atoms with E-state index in [-0.39, 0.29) is 5.91 Å². The fourth-order valence-electron chi connectivity index (χ4n) is 1.91. The van der Waals surface area contributed by atoms with Gasteiger partial charge in [0.05, 0.1) is 5.56 Å². The fourth-order valence-corrected chi connectivity index (χ4v) is 1.91. The predicted octanol–water partition coefficient (Wildman–Crippen LogP) is 1.22. The Balaban J connectivity index is 1.91. The quantitative estimate of drug-likeness (QED) is 0.830. The number of nitrogens with zero attached hydrogens (tertiary/aromatic N) is 3. The number of carbonyl (C=O) groups excluding carboxylic acids is 1. The van der Waals surface area contributed by atoms with Crippen molar-refractivity contribution >= 4 is 11.6 Å². The van der Waals surface area contributed by atoms with Gasteiger partial charge in [-0.1, -0.05) is 12.1 Å². The van der Waals surface area contributed by atoms with Crippen molar-refractivity contribution in [1.82, 2.24) is 20.1 Å². The molecule has 0 unspecified atom stereocenters. The molecule has 0 radical (unpaired) electrons. The molecule has 0 bridgehead atoms. The summed E-state index contributed by atoms with van der Waals surface area (Å²) in [6, 6.07) is 7.48. The maximum absolute atomic E-state index is 12.1. The van der Waals surface area contributed by atoms with Crippen LogP contribution < -0.4 is 10.6 Å². The molecule has 106 valence electrons. The average molecular weight is 273 g/mol. The van der Waals surface area contributed by atoms with Gasteiger partial charge < -0.3 is 10.6 Å². The van der Waals surface area contributed by atoms with Crippen LogP contribution >= 0.6 is 0 Å². The van der Waals surface area contributed by atoms with Crippen molar-refractivity contribution in [3.8, 4) is 0 Å². The molecule has 2 rings (SSSR count). The summed E-state index contributed by atoms with van der Waals surface area (Å²) in [4.78, 5) is 16.3.